The zero-order valence-corrected chi connectivity index (χ0v) is 10.3. The molecule has 0 aliphatic rings. The van der Waals surface area contributed by atoms with E-state index in [9.17, 15) is 0 Å². The fourth-order valence-electron chi connectivity index (χ4n) is 1.35. The molecule has 0 saturated heterocycles. The Morgan fingerprint density at radius 1 is 1.28 bits per heavy atom. The number of aromatic nitrogens is 5. The first kappa shape index (κ1) is 12.1. The largest absolute Gasteiger partial charge is 0.467 e. The van der Waals surface area contributed by atoms with Crippen molar-refractivity contribution in [2.45, 2.75) is 6.54 Å². The molecule has 8 nitrogen and oxygen atoms in total. The molecule has 0 fully saturated rings. The zero-order valence-electron chi connectivity index (χ0n) is 10.3. The third-order valence-electron chi connectivity index (χ3n) is 2.23. The van der Waals surface area contributed by atoms with Crippen molar-refractivity contribution in [3.63, 3.8) is 0 Å². The van der Waals surface area contributed by atoms with Crippen LogP contribution in [0.15, 0.2) is 18.7 Å². The Hall–Kier alpha value is -2.38. The normalized spacial score (nSPS) is 10.1. The quantitative estimate of drug-likeness (QED) is 0.757. The average Bonchev–Trinajstić information content (AvgIpc) is 2.91. The molecular weight excluding hydrogens is 234 g/mol. The highest BCUT2D eigenvalue weighted by molar-refractivity contribution is 5.35. The molecule has 96 valence electrons. The average molecular weight is 249 g/mol. The van der Waals surface area contributed by atoms with Crippen molar-refractivity contribution >= 4 is 11.9 Å². The van der Waals surface area contributed by atoms with Gasteiger partial charge < -0.3 is 19.9 Å². The first-order valence-electron chi connectivity index (χ1n) is 5.49. The third-order valence-corrected chi connectivity index (χ3v) is 2.23. The van der Waals surface area contributed by atoms with Gasteiger partial charge in [-0.25, -0.2) is 4.98 Å². The van der Waals surface area contributed by atoms with Gasteiger partial charge in [0.2, 0.25) is 11.9 Å². The summed E-state index contributed by atoms with van der Waals surface area (Å²) in [6.45, 7) is 1.47. The number of hydrogen-bond donors (Lipinski definition) is 2. The predicted octanol–water partition coefficient (Wildman–Crippen LogP) is 0.230. The van der Waals surface area contributed by atoms with Crippen molar-refractivity contribution in [1.82, 2.24) is 24.5 Å². The number of nitrogens with zero attached hydrogens (tertiary/aromatic N) is 5. The van der Waals surface area contributed by atoms with E-state index < -0.39 is 0 Å². The van der Waals surface area contributed by atoms with E-state index in [0.29, 0.717) is 18.4 Å². The molecule has 0 unspecified atom stereocenters. The van der Waals surface area contributed by atoms with E-state index in [0.717, 1.165) is 6.54 Å². The van der Waals surface area contributed by atoms with Crippen molar-refractivity contribution in [3.8, 4) is 6.01 Å². The molecule has 2 aromatic heterocycles. The van der Waals surface area contributed by atoms with Gasteiger partial charge >= 0.3 is 6.01 Å². The minimum atomic E-state index is 0.277. The summed E-state index contributed by atoms with van der Waals surface area (Å²) >= 11 is 0. The maximum Gasteiger partial charge on any atom is 0.322 e. The Balaban J connectivity index is 1.95. The highest BCUT2D eigenvalue weighted by Gasteiger charge is 2.04. The molecule has 0 saturated carbocycles. The molecule has 2 N–H and O–H groups in total. The predicted molar refractivity (Wildman–Crippen MR) is 66.6 cm³/mol. The van der Waals surface area contributed by atoms with Crippen LogP contribution in [0.25, 0.3) is 0 Å². The molecule has 2 rings (SSSR count). The summed E-state index contributed by atoms with van der Waals surface area (Å²) in [6.07, 6.45) is 5.40. The monoisotopic (exact) mass is 249 g/mol. The summed E-state index contributed by atoms with van der Waals surface area (Å²) < 4.78 is 6.95. The molecule has 0 amide bonds. The number of imidazole rings is 1. The minimum absolute atomic E-state index is 0.277. The van der Waals surface area contributed by atoms with Crippen molar-refractivity contribution in [3.05, 3.63) is 18.7 Å². The van der Waals surface area contributed by atoms with Gasteiger partial charge in [0.25, 0.3) is 0 Å². The Bertz CT molecular complexity index is 463. The second-order valence-electron chi connectivity index (χ2n) is 3.45. The molecule has 0 radical (unpaired) electrons. The van der Waals surface area contributed by atoms with E-state index in [-0.39, 0.29) is 6.01 Å². The van der Waals surface area contributed by atoms with Crippen LogP contribution in [0.4, 0.5) is 11.9 Å². The lowest BCUT2D eigenvalue weighted by molar-refractivity contribution is 0.379. The topological polar surface area (TPSA) is 89.8 Å². The summed E-state index contributed by atoms with van der Waals surface area (Å²) in [4.78, 5) is 16.3. The van der Waals surface area contributed by atoms with Crippen LogP contribution in [0, 0.1) is 0 Å². The van der Waals surface area contributed by atoms with E-state index in [1.165, 1.54) is 7.11 Å². The van der Waals surface area contributed by atoms with Gasteiger partial charge in [0, 0.05) is 32.5 Å². The van der Waals surface area contributed by atoms with Crippen molar-refractivity contribution in [1.29, 1.82) is 0 Å². The van der Waals surface area contributed by atoms with Crippen molar-refractivity contribution in [2.75, 3.05) is 31.3 Å². The van der Waals surface area contributed by atoms with Crippen LogP contribution < -0.4 is 15.4 Å². The van der Waals surface area contributed by atoms with Crippen LogP contribution in [-0.4, -0.2) is 45.2 Å². The molecule has 2 heterocycles. The van der Waals surface area contributed by atoms with Crippen LogP contribution >= 0.6 is 0 Å². The van der Waals surface area contributed by atoms with Gasteiger partial charge in [0.1, 0.15) is 0 Å². The lowest BCUT2D eigenvalue weighted by Gasteiger charge is -2.07. The van der Waals surface area contributed by atoms with Crippen LogP contribution in [0.3, 0.4) is 0 Å². The van der Waals surface area contributed by atoms with E-state index in [1.54, 1.807) is 19.6 Å². The van der Waals surface area contributed by atoms with Crippen LogP contribution in [0.2, 0.25) is 0 Å². The Kier molecular flexibility index (Phi) is 3.90. The molecule has 18 heavy (non-hydrogen) atoms. The first-order chi connectivity index (χ1) is 8.81. The van der Waals surface area contributed by atoms with Gasteiger partial charge in [-0.1, -0.05) is 0 Å². The summed E-state index contributed by atoms with van der Waals surface area (Å²) in [5.74, 6) is 0.943. The second kappa shape index (κ2) is 5.80. The summed E-state index contributed by atoms with van der Waals surface area (Å²) in [5, 5.41) is 5.95. The molecule has 0 aliphatic carbocycles. The van der Waals surface area contributed by atoms with Crippen LogP contribution in [0.1, 0.15) is 0 Å². The van der Waals surface area contributed by atoms with Gasteiger partial charge in [-0.2, -0.15) is 15.0 Å². The fraction of sp³-hybridized carbons (Fsp3) is 0.400. The smallest absolute Gasteiger partial charge is 0.322 e. The molecule has 2 aromatic rings. The van der Waals surface area contributed by atoms with E-state index in [4.69, 9.17) is 4.74 Å². The molecule has 0 spiro atoms. The maximum absolute atomic E-state index is 4.99. The molecule has 0 aromatic carbocycles. The lowest BCUT2D eigenvalue weighted by atomic mass is 10.6. The third kappa shape index (κ3) is 3.06. The number of rotatable bonds is 6. The van der Waals surface area contributed by atoms with Crippen LogP contribution in [-0.2, 0) is 6.54 Å². The van der Waals surface area contributed by atoms with Gasteiger partial charge in [-0.05, 0) is 0 Å². The molecule has 8 heteroatoms. The highest BCUT2D eigenvalue weighted by Crippen LogP contribution is 2.09. The molecular formula is C10H15N7O. The Labute approximate surface area is 104 Å². The number of hydrogen-bond acceptors (Lipinski definition) is 7. The maximum atomic E-state index is 4.99. The summed E-state index contributed by atoms with van der Waals surface area (Å²) in [6, 6.07) is 0.277. The fourth-order valence-corrected chi connectivity index (χ4v) is 1.35. The Morgan fingerprint density at radius 2 is 2.11 bits per heavy atom. The van der Waals surface area contributed by atoms with Gasteiger partial charge in [0.15, 0.2) is 0 Å². The molecule has 0 aliphatic heterocycles. The molecule has 0 bridgehead atoms. The van der Waals surface area contributed by atoms with Crippen molar-refractivity contribution in [2.24, 2.45) is 0 Å². The summed E-state index contributed by atoms with van der Waals surface area (Å²) in [5.41, 5.74) is 0. The van der Waals surface area contributed by atoms with E-state index in [2.05, 4.69) is 30.6 Å². The summed E-state index contributed by atoms with van der Waals surface area (Å²) in [7, 11) is 3.26. The minimum Gasteiger partial charge on any atom is -0.467 e. The molecule has 0 atom stereocenters. The van der Waals surface area contributed by atoms with E-state index in [1.807, 2.05) is 10.8 Å². The second-order valence-corrected chi connectivity index (χ2v) is 3.45. The standard InChI is InChI=1S/C10H15N7O/c1-11-8-14-9(16-10(15-8)18-2)13-4-6-17-5-3-12-7-17/h3,5,7H,4,6H2,1-2H3,(H2,11,13,14,15,16). The zero-order chi connectivity index (χ0) is 12.8. The van der Waals surface area contributed by atoms with E-state index >= 15 is 0 Å². The lowest BCUT2D eigenvalue weighted by Crippen LogP contribution is -2.13. The number of anilines is 2. The van der Waals surface area contributed by atoms with Gasteiger partial charge in [-0.3, -0.25) is 0 Å². The highest BCUT2D eigenvalue weighted by atomic mass is 16.5. The number of ether oxygens (including phenoxy) is 1. The van der Waals surface area contributed by atoms with Crippen molar-refractivity contribution < 1.29 is 4.74 Å². The number of methoxy groups -OCH3 is 1. The van der Waals surface area contributed by atoms with Crippen LogP contribution in [0.5, 0.6) is 6.01 Å². The first-order valence-corrected chi connectivity index (χ1v) is 5.49. The Morgan fingerprint density at radius 3 is 2.78 bits per heavy atom. The SMILES string of the molecule is CNc1nc(NCCn2ccnc2)nc(OC)n1. The number of nitrogens with one attached hydrogen (secondary N) is 2. The van der Waals surface area contributed by atoms with Gasteiger partial charge in [0.05, 0.1) is 13.4 Å². The van der Waals surface area contributed by atoms with Gasteiger partial charge in [-0.15, -0.1) is 0 Å².